The van der Waals surface area contributed by atoms with E-state index in [1.54, 1.807) is 0 Å². The zero-order valence-electron chi connectivity index (χ0n) is 6.33. The van der Waals surface area contributed by atoms with Crippen molar-refractivity contribution in [2.75, 3.05) is 5.75 Å². The maximum atomic E-state index is 4.22. The molecule has 3 heteroatoms. The van der Waals surface area contributed by atoms with Crippen molar-refractivity contribution < 1.29 is 0 Å². The van der Waals surface area contributed by atoms with Crippen molar-refractivity contribution in [3.8, 4) is 0 Å². The maximum Gasteiger partial charge on any atom is 0.109 e. The van der Waals surface area contributed by atoms with Crippen LogP contribution in [0.4, 0.5) is 0 Å². The molecule has 0 aliphatic carbocycles. The van der Waals surface area contributed by atoms with Gasteiger partial charge in [0.25, 0.3) is 0 Å². The van der Waals surface area contributed by atoms with Crippen LogP contribution in [0, 0.1) is 6.92 Å². The van der Waals surface area contributed by atoms with Gasteiger partial charge in [-0.25, -0.2) is 4.98 Å². The molecule has 0 bridgehead atoms. The molecule has 0 saturated heterocycles. The van der Waals surface area contributed by atoms with Crippen LogP contribution in [0.15, 0.2) is 6.20 Å². The highest BCUT2D eigenvalue weighted by molar-refractivity contribution is 7.80. The average Bonchev–Trinajstić information content (AvgIpc) is 2.20. The maximum absolute atomic E-state index is 4.22. The molecule has 2 nitrogen and oxygen atoms in total. The van der Waals surface area contributed by atoms with Gasteiger partial charge < -0.3 is 4.57 Å². The van der Waals surface area contributed by atoms with E-state index < -0.39 is 0 Å². The topological polar surface area (TPSA) is 17.8 Å². The number of aromatic nitrogens is 2. The normalized spacial score (nSPS) is 10.3. The van der Waals surface area contributed by atoms with E-state index in [9.17, 15) is 0 Å². The Kier molecular flexibility index (Phi) is 2.38. The van der Waals surface area contributed by atoms with Crippen molar-refractivity contribution >= 4 is 12.6 Å². The molecule has 0 unspecified atom stereocenters. The van der Waals surface area contributed by atoms with Gasteiger partial charge in [-0.2, -0.15) is 12.6 Å². The summed E-state index contributed by atoms with van der Waals surface area (Å²) < 4.78 is 2.09. The molecule has 1 aromatic heterocycles. The Hall–Kier alpha value is -0.440. The van der Waals surface area contributed by atoms with Crippen LogP contribution in [0.1, 0.15) is 11.5 Å². The molecule has 0 aromatic carbocycles. The van der Waals surface area contributed by atoms with E-state index in [1.807, 2.05) is 13.2 Å². The number of hydrogen-bond acceptors (Lipinski definition) is 2. The third kappa shape index (κ3) is 1.34. The number of aryl methyl sites for hydroxylation is 2. The molecule has 0 amide bonds. The van der Waals surface area contributed by atoms with Crippen LogP contribution in [0.5, 0.6) is 0 Å². The van der Waals surface area contributed by atoms with Gasteiger partial charge >= 0.3 is 0 Å². The molecule has 1 aromatic rings. The molecule has 0 aliphatic rings. The van der Waals surface area contributed by atoms with E-state index in [1.165, 1.54) is 5.69 Å². The summed E-state index contributed by atoms with van der Waals surface area (Å²) in [5.74, 6) is 1.98. The first-order valence-electron chi connectivity index (χ1n) is 3.33. The lowest BCUT2D eigenvalue weighted by Crippen LogP contribution is -1.99. The van der Waals surface area contributed by atoms with Gasteiger partial charge in [-0.05, 0) is 12.7 Å². The first-order valence-corrected chi connectivity index (χ1v) is 3.97. The van der Waals surface area contributed by atoms with Gasteiger partial charge in [-0.3, -0.25) is 0 Å². The van der Waals surface area contributed by atoms with Crippen molar-refractivity contribution in [1.29, 1.82) is 0 Å². The zero-order valence-corrected chi connectivity index (χ0v) is 7.23. The van der Waals surface area contributed by atoms with Crippen molar-refractivity contribution in [1.82, 2.24) is 9.55 Å². The lowest BCUT2D eigenvalue weighted by Gasteiger charge is -1.99. The molecule has 10 heavy (non-hydrogen) atoms. The molecule has 0 radical (unpaired) electrons. The predicted molar refractivity (Wildman–Crippen MR) is 45.5 cm³/mol. The van der Waals surface area contributed by atoms with Gasteiger partial charge in [0.1, 0.15) is 5.82 Å². The summed E-state index contributed by atoms with van der Waals surface area (Å²) in [6, 6.07) is 0. The van der Waals surface area contributed by atoms with Crippen LogP contribution in [0.2, 0.25) is 0 Å². The Labute approximate surface area is 66.7 Å². The molecular weight excluding hydrogens is 144 g/mol. The van der Waals surface area contributed by atoms with Crippen LogP contribution in [-0.2, 0) is 13.5 Å². The first-order chi connectivity index (χ1) is 4.75. The van der Waals surface area contributed by atoms with Crippen molar-refractivity contribution in [3.05, 3.63) is 17.7 Å². The summed E-state index contributed by atoms with van der Waals surface area (Å²) in [7, 11) is 2.03. The lowest BCUT2D eigenvalue weighted by atomic mass is 10.4. The molecular formula is C7H12N2S. The molecule has 0 saturated carbocycles. The fourth-order valence-electron chi connectivity index (χ4n) is 0.877. The minimum atomic E-state index is 0.865. The van der Waals surface area contributed by atoms with Crippen LogP contribution in [0.3, 0.4) is 0 Å². The van der Waals surface area contributed by atoms with Crippen molar-refractivity contribution in [3.63, 3.8) is 0 Å². The predicted octanol–water partition coefficient (Wildman–Crippen LogP) is 1.20. The summed E-state index contributed by atoms with van der Waals surface area (Å²) in [6.07, 6.45) is 2.84. The Morgan fingerprint density at radius 2 is 2.40 bits per heavy atom. The molecule has 1 rings (SSSR count). The highest BCUT2D eigenvalue weighted by atomic mass is 32.1. The summed E-state index contributed by atoms with van der Waals surface area (Å²) in [5.41, 5.74) is 1.21. The monoisotopic (exact) mass is 156 g/mol. The number of nitrogens with zero attached hydrogens (tertiary/aromatic N) is 2. The molecule has 0 aliphatic heterocycles. The number of rotatable bonds is 2. The minimum Gasteiger partial charge on any atom is -0.335 e. The molecule has 0 fully saturated rings. The van der Waals surface area contributed by atoms with Gasteiger partial charge in [0, 0.05) is 25.4 Å². The first kappa shape index (κ1) is 7.66. The highest BCUT2D eigenvalue weighted by Crippen LogP contribution is 2.01. The Balaban J connectivity index is 2.83. The summed E-state index contributed by atoms with van der Waals surface area (Å²) in [6.45, 7) is 2.05. The van der Waals surface area contributed by atoms with E-state index in [0.717, 1.165) is 18.0 Å². The Bertz CT molecular complexity index is 217. The number of imidazole rings is 1. The second-order valence-electron chi connectivity index (χ2n) is 2.35. The van der Waals surface area contributed by atoms with Crippen LogP contribution >= 0.6 is 12.6 Å². The molecule has 56 valence electrons. The number of thiol groups is 1. The molecule has 0 atom stereocenters. The van der Waals surface area contributed by atoms with Crippen molar-refractivity contribution in [2.24, 2.45) is 7.05 Å². The second kappa shape index (κ2) is 3.10. The van der Waals surface area contributed by atoms with Crippen LogP contribution in [0.25, 0.3) is 0 Å². The molecule has 0 spiro atoms. The van der Waals surface area contributed by atoms with E-state index in [0.29, 0.717) is 0 Å². The van der Waals surface area contributed by atoms with Gasteiger partial charge in [0.05, 0.1) is 0 Å². The quantitative estimate of drug-likeness (QED) is 0.637. The smallest absolute Gasteiger partial charge is 0.109 e. The Morgan fingerprint density at radius 1 is 1.70 bits per heavy atom. The summed E-state index contributed by atoms with van der Waals surface area (Å²) in [5, 5.41) is 0. The van der Waals surface area contributed by atoms with Gasteiger partial charge in [0.2, 0.25) is 0 Å². The minimum absolute atomic E-state index is 0.865. The third-order valence-corrected chi connectivity index (χ3v) is 1.88. The largest absolute Gasteiger partial charge is 0.335 e. The third-order valence-electron chi connectivity index (χ3n) is 1.65. The highest BCUT2D eigenvalue weighted by Gasteiger charge is 1.99. The van der Waals surface area contributed by atoms with E-state index in [4.69, 9.17) is 0 Å². The second-order valence-corrected chi connectivity index (χ2v) is 2.80. The SMILES string of the molecule is Cc1cnc(CCS)n1C. The Morgan fingerprint density at radius 3 is 2.80 bits per heavy atom. The molecule has 0 N–H and O–H groups in total. The fourth-order valence-corrected chi connectivity index (χ4v) is 1.08. The van der Waals surface area contributed by atoms with Gasteiger partial charge in [-0.1, -0.05) is 0 Å². The lowest BCUT2D eigenvalue weighted by molar-refractivity contribution is 0.789. The van der Waals surface area contributed by atoms with Gasteiger partial charge in [-0.15, -0.1) is 0 Å². The fraction of sp³-hybridized carbons (Fsp3) is 0.571. The van der Waals surface area contributed by atoms with E-state index in [2.05, 4.69) is 29.1 Å². The van der Waals surface area contributed by atoms with E-state index in [-0.39, 0.29) is 0 Å². The zero-order chi connectivity index (χ0) is 7.56. The summed E-state index contributed by atoms with van der Waals surface area (Å²) in [4.78, 5) is 4.22. The van der Waals surface area contributed by atoms with Crippen LogP contribution < -0.4 is 0 Å². The standard InChI is InChI=1S/C7H12N2S/c1-6-5-8-7(3-4-10)9(6)2/h5,10H,3-4H2,1-2H3. The average molecular weight is 156 g/mol. The van der Waals surface area contributed by atoms with Crippen molar-refractivity contribution in [2.45, 2.75) is 13.3 Å². The molecule has 1 heterocycles. The summed E-state index contributed by atoms with van der Waals surface area (Å²) >= 11 is 4.14. The van der Waals surface area contributed by atoms with E-state index >= 15 is 0 Å². The van der Waals surface area contributed by atoms with Gasteiger partial charge in [0.15, 0.2) is 0 Å². The number of hydrogen-bond donors (Lipinski definition) is 1. The van der Waals surface area contributed by atoms with Crippen LogP contribution in [-0.4, -0.2) is 15.3 Å².